The van der Waals surface area contributed by atoms with Gasteiger partial charge in [-0.1, -0.05) is 19.9 Å². The van der Waals surface area contributed by atoms with Gasteiger partial charge >= 0.3 is 0 Å². The van der Waals surface area contributed by atoms with E-state index in [1.165, 1.54) is 6.07 Å². The molecule has 1 atom stereocenters. The van der Waals surface area contributed by atoms with Gasteiger partial charge in [0.2, 0.25) is 10.0 Å². The van der Waals surface area contributed by atoms with E-state index in [1.807, 2.05) is 19.9 Å². The van der Waals surface area contributed by atoms with Crippen LogP contribution in [0.1, 0.15) is 42.7 Å². The van der Waals surface area contributed by atoms with Gasteiger partial charge in [-0.3, -0.25) is 5.10 Å². The molecule has 2 rings (SSSR count). The SMILES string of the molecule is Cc1nc(C(NS(=O)(=O)c2cc(C#N)ccc2C)C(C)C)n[nH]1. The average Bonchev–Trinajstić information content (AvgIpc) is 2.91. The standard InChI is InChI=1S/C15H19N5O2S/c1-9(2)14(15-17-11(4)18-19-15)20-23(21,22)13-7-12(8-16)6-5-10(13)3/h5-7,9,14,20H,1-4H3,(H,17,18,19). The molecule has 0 spiro atoms. The van der Waals surface area contributed by atoms with Crippen molar-refractivity contribution in [1.29, 1.82) is 5.26 Å². The summed E-state index contributed by atoms with van der Waals surface area (Å²) in [4.78, 5) is 4.31. The highest BCUT2D eigenvalue weighted by atomic mass is 32.2. The highest BCUT2D eigenvalue weighted by Crippen LogP contribution is 2.23. The van der Waals surface area contributed by atoms with Crippen molar-refractivity contribution in [3.63, 3.8) is 0 Å². The monoisotopic (exact) mass is 333 g/mol. The number of nitrogens with zero attached hydrogens (tertiary/aromatic N) is 3. The summed E-state index contributed by atoms with van der Waals surface area (Å²) in [6.45, 7) is 7.22. The molecule has 8 heteroatoms. The lowest BCUT2D eigenvalue weighted by molar-refractivity contribution is 0.445. The third-order valence-electron chi connectivity index (χ3n) is 3.45. The molecule has 122 valence electrons. The first-order valence-electron chi connectivity index (χ1n) is 7.16. The van der Waals surface area contributed by atoms with Crippen molar-refractivity contribution in [1.82, 2.24) is 19.9 Å². The summed E-state index contributed by atoms with van der Waals surface area (Å²) >= 11 is 0. The van der Waals surface area contributed by atoms with Crippen molar-refractivity contribution < 1.29 is 8.42 Å². The van der Waals surface area contributed by atoms with Crippen LogP contribution in [-0.2, 0) is 10.0 Å². The Hall–Kier alpha value is -2.24. The van der Waals surface area contributed by atoms with E-state index in [9.17, 15) is 8.42 Å². The summed E-state index contributed by atoms with van der Waals surface area (Å²) in [6.07, 6.45) is 0. The maximum absolute atomic E-state index is 12.7. The second kappa shape index (κ2) is 6.48. The van der Waals surface area contributed by atoms with E-state index in [-0.39, 0.29) is 10.8 Å². The van der Waals surface area contributed by atoms with Crippen LogP contribution in [-0.4, -0.2) is 23.6 Å². The van der Waals surface area contributed by atoms with Crippen LogP contribution in [0.15, 0.2) is 23.1 Å². The number of nitrogens with one attached hydrogen (secondary N) is 2. The van der Waals surface area contributed by atoms with E-state index in [4.69, 9.17) is 5.26 Å². The molecular formula is C15H19N5O2S. The lowest BCUT2D eigenvalue weighted by Crippen LogP contribution is -2.33. The first-order valence-corrected chi connectivity index (χ1v) is 8.65. The van der Waals surface area contributed by atoms with Gasteiger partial charge in [-0.15, -0.1) is 0 Å². The molecule has 0 bridgehead atoms. The van der Waals surface area contributed by atoms with Gasteiger partial charge in [0, 0.05) is 0 Å². The molecule has 1 aromatic heterocycles. The Morgan fingerprint density at radius 1 is 1.30 bits per heavy atom. The maximum Gasteiger partial charge on any atom is 0.241 e. The molecule has 0 amide bonds. The van der Waals surface area contributed by atoms with Crippen molar-refractivity contribution in [3.8, 4) is 6.07 Å². The van der Waals surface area contributed by atoms with Gasteiger partial charge in [0.05, 0.1) is 22.6 Å². The second-order valence-corrected chi connectivity index (χ2v) is 7.40. The van der Waals surface area contributed by atoms with Gasteiger partial charge in [0.1, 0.15) is 5.82 Å². The third kappa shape index (κ3) is 3.75. The highest BCUT2D eigenvalue weighted by Gasteiger charge is 2.28. The third-order valence-corrected chi connectivity index (χ3v) is 5.03. The number of hydrogen-bond donors (Lipinski definition) is 2. The number of benzene rings is 1. The van der Waals surface area contributed by atoms with Crippen LogP contribution < -0.4 is 4.72 Å². The fourth-order valence-corrected chi connectivity index (χ4v) is 3.79. The molecule has 2 aromatic rings. The number of hydrogen-bond acceptors (Lipinski definition) is 5. The number of rotatable bonds is 5. The predicted molar refractivity (Wildman–Crippen MR) is 84.9 cm³/mol. The first-order chi connectivity index (χ1) is 10.7. The minimum atomic E-state index is -3.80. The molecule has 0 saturated carbocycles. The zero-order valence-corrected chi connectivity index (χ0v) is 14.3. The van der Waals surface area contributed by atoms with E-state index in [2.05, 4.69) is 19.9 Å². The van der Waals surface area contributed by atoms with Crippen LogP contribution in [0, 0.1) is 31.1 Å². The summed E-state index contributed by atoms with van der Waals surface area (Å²) in [7, 11) is -3.80. The van der Waals surface area contributed by atoms with Crippen LogP contribution in [0.4, 0.5) is 0 Å². The van der Waals surface area contributed by atoms with Gasteiger partial charge < -0.3 is 0 Å². The average molecular weight is 333 g/mol. The van der Waals surface area contributed by atoms with Gasteiger partial charge in [0.25, 0.3) is 0 Å². The molecule has 0 aliphatic carbocycles. The van der Waals surface area contributed by atoms with Gasteiger partial charge in [-0.05, 0) is 37.5 Å². The number of aryl methyl sites for hydroxylation is 2. The minimum absolute atomic E-state index is 0.0422. The molecule has 23 heavy (non-hydrogen) atoms. The van der Waals surface area contributed by atoms with Crippen LogP contribution in [0.25, 0.3) is 0 Å². The van der Waals surface area contributed by atoms with E-state index in [0.29, 0.717) is 22.8 Å². The smallest absolute Gasteiger partial charge is 0.241 e. The molecule has 0 radical (unpaired) electrons. The molecule has 0 aliphatic heterocycles. The lowest BCUT2D eigenvalue weighted by Gasteiger charge is -2.20. The van der Waals surface area contributed by atoms with Crippen LogP contribution in [0.2, 0.25) is 0 Å². The van der Waals surface area contributed by atoms with E-state index >= 15 is 0 Å². The molecule has 0 aliphatic rings. The number of aromatic amines is 1. The van der Waals surface area contributed by atoms with Crippen molar-refractivity contribution in [2.45, 2.75) is 38.6 Å². The molecule has 1 unspecified atom stereocenters. The molecule has 7 nitrogen and oxygen atoms in total. The molecule has 1 heterocycles. The quantitative estimate of drug-likeness (QED) is 0.869. The normalized spacial score (nSPS) is 13.0. The Labute approximate surface area is 135 Å². The summed E-state index contributed by atoms with van der Waals surface area (Å²) in [5.74, 6) is 0.974. The molecule has 0 saturated heterocycles. The van der Waals surface area contributed by atoms with Gasteiger partial charge in [-0.2, -0.15) is 10.4 Å². The molecular weight excluding hydrogens is 314 g/mol. The van der Waals surface area contributed by atoms with Crippen LogP contribution in [0.5, 0.6) is 0 Å². The number of nitriles is 1. The zero-order valence-electron chi connectivity index (χ0n) is 13.5. The fourth-order valence-electron chi connectivity index (χ4n) is 2.18. The Morgan fingerprint density at radius 2 is 2.00 bits per heavy atom. The van der Waals surface area contributed by atoms with Crippen molar-refractivity contribution in [2.24, 2.45) is 5.92 Å². The van der Waals surface area contributed by atoms with Crippen LogP contribution in [0.3, 0.4) is 0 Å². The first kappa shape index (κ1) is 17.1. The second-order valence-electron chi connectivity index (χ2n) is 5.71. The Bertz CT molecular complexity index is 849. The Balaban J connectivity index is 2.41. The summed E-state index contributed by atoms with van der Waals surface area (Å²) in [5, 5.41) is 15.8. The van der Waals surface area contributed by atoms with Crippen molar-refractivity contribution >= 4 is 10.0 Å². The predicted octanol–water partition coefficient (Wildman–Crippen LogP) is 1.97. The van der Waals surface area contributed by atoms with E-state index < -0.39 is 16.1 Å². The van der Waals surface area contributed by atoms with Crippen LogP contribution >= 0.6 is 0 Å². The van der Waals surface area contributed by atoms with Gasteiger partial charge in [0.15, 0.2) is 5.82 Å². The number of H-pyrrole nitrogens is 1. The van der Waals surface area contributed by atoms with Crippen molar-refractivity contribution in [3.05, 3.63) is 41.0 Å². The topological polar surface area (TPSA) is 112 Å². The summed E-state index contributed by atoms with van der Waals surface area (Å²) in [6, 6.07) is 5.98. The molecule has 1 aromatic carbocycles. The summed E-state index contributed by atoms with van der Waals surface area (Å²) < 4.78 is 28.1. The fraction of sp³-hybridized carbons (Fsp3) is 0.400. The Morgan fingerprint density at radius 3 is 2.52 bits per heavy atom. The van der Waals surface area contributed by atoms with E-state index in [1.54, 1.807) is 26.0 Å². The lowest BCUT2D eigenvalue weighted by atomic mass is 10.1. The summed E-state index contributed by atoms with van der Waals surface area (Å²) in [5.41, 5.74) is 0.871. The van der Waals surface area contributed by atoms with Crippen molar-refractivity contribution in [2.75, 3.05) is 0 Å². The maximum atomic E-state index is 12.7. The molecule has 0 fully saturated rings. The highest BCUT2D eigenvalue weighted by molar-refractivity contribution is 7.89. The zero-order chi connectivity index (χ0) is 17.2. The van der Waals surface area contributed by atoms with Gasteiger partial charge in [-0.25, -0.2) is 18.1 Å². The minimum Gasteiger partial charge on any atom is -0.263 e. The number of aromatic nitrogens is 3. The largest absolute Gasteiger partial charge is 0.263 e. The van der Waals surface area contributed by atoms with E-state index in [0.717, 1.165) is 0 Å². The Kier molecular flexibility index (Phi) is 4.82. The number of sulfonamides is 1. The molecule has 2 N–H and O–H groups in total.